The smallest absolute Gasteiger partial charge is 0.373 e. The third-order valence-electron chi connectivity index (χ3n) is 1.17. The summed E-state index contributed by atoms with van der Waals surface area (Å²) in [6, 6.07) is -1.24. The van der Waals surface area contributed by atoms with Crippen molar-refractivity contribution in [1.29, 1.82) is 0 Å². The molecule has 5 heteroatoms. The lowest BCUT2D eigenvalue weighted by Gasteiger charge is -2.09. The zero-order chi connectivity index (χ0) is 9.02. The minimum absolute atomic E-state index is 0.200. The molecule has 11 heavy (non-hydrogen) atoms. The van der Waals surface area contributed by atoms with Crippen molar-refractivity contribution in [3.8, 4) is 0 Å². The quantitative estimate of drug-likeness (QED) is 0.443. The Morgan fingerprint density at radius 2 is 1.91 bits per heavy atom. The van der Waals surface area contributed by atoms with Gasteiger partial charge in [-0.1, -0.05) is 0 Å². The highest BCUT2D eigenvalue weighted by molar-refractivity contribution is 6.34. The van der Waals surface area contributed by atoms with Crippen molar-refractivity contribution in [3.63, 3.8) is 0 Å². The van der Waals surface area contributed by atoms with Crippen molar-refractivity contribution < 1.29 is 14.7 Å². The summed E-state index contributed by atoms with van der Waals surface area (Å²) in [6.45, 7) is 1.66. The molecule has 0 aliphatic rings. The molecular weight excluding hydrogens is 148 g/mol. The maximum absolute atomic E-state index is 10.6. The number of ketones is 1. The molecule has 0 amide bonds. The number of hydrogen-bond acceptors (Lipinski definition) is 4. The fourth-order valence-electron chi connectivity index (χ4n) is 0.666. The fraction of sp³-hybridized carbons (Fsp3) is 0.667. The summed E-state index contributed by atoms with van der Waals surface area (Å²) in [6.07, 6.45) is 0.200. The van der Waals surface area contributed by atoms with Gasteiger partial charge < -0.3 is 16.6 Å². The topological polar surface area (TPSA) is 106 Å². The minimum atomic E-state index is -1.50. The highest BCUT2D eigenvalue weighted by Gasteiger charge is 2.21. The lowest BCUT2D eigenvalue weighted by molar-refractivity contribution is -0.149. The Hall–Kier alpha value is -0.940. The number of hydrogen-bond donors (Lipinski definition) is 3. The first kappa shape index (κ1) is 10.1. The third-order valence-corrected chi connectivity index (χ3v) is 1.17. The SMILES string of the molecule is CC(N)CC(N)C(=O)C(=O)O. The van der Waals surface area contributed by atoms with Crippen molar-refractivity contribution in [3.05, 3.63) is 0 Å². The molecule has 0 saturated heterocycles. The van der Waals surface area contributed by atoms with Crippen LogP contribution in [0.2, 0.25) is 0 Å². The Bertz CT molecular complexity index is 167. The van der Waals surface area contributed by atoms with E-state index in [1.165, 1.54) is 0 Å². The summed E-state index contributed by atoms with van der Waals surface area (Å²) < 4.78 is 0. The zero-order valence-electron chi connectivity index (χ0n) is 6.28. The van der Waals surface area contributed by atoms with E-state index >= 15 is 0 Å². The van der Waals surface area contributed by atoms with Crippen LogP contribution in [0.4, 0.5) is 0 Å². The molecule has 5 nitrogen and oxygen atoms in total. The van der Waals surface area contributed by atoms with Gasteiger partial charge in [0.15, 0.2) is 0 Å². The number of aliphatic carboxylic acids is 1. The second-order valence-electron chi connectivity index (χ2n) is 2.49. The van der Waals surface area contributed by atoms with Gasteiger partial charge in [0.05, 0.1) is 6.04 Å². The summed E-state index contributed by atoms with van der Waals surface area (Å²) >= 11 is 0. The van der Waals surface area contributed by atoms with Crippen molar-refractivity contribution in [1.82, 2.24) is 0 Å². The predicted octanol–water partition coefficient (Wildman–Crippen LogP) is -1.30. The number of carboxylic acids is 1. The standard InChI is InChI=1S/C6H12N2O3/c1-3(7)2-4(8)5(9)6(10)11/h3-4H,2,7-8H2,1H3,(H,10,11). The molecule has 0 bridgehead atoms. The summed E-state index contributed by atoms with van der Waals surface area (Å²) in [7, 11) is 0. The maximum atomic E-state index is 10.6. The number of carboxylic acid groups (broad SMARTS) is 1. The van der Waals surface area contributed by atoms with Gasteiger partial charge in [-0.3, -0.25) is 4.79 Å². The van der Waals surface area contributed by atoms with Crippen LogP contribution in [0.1, 0.15) is 13.3 Å². The molecule has 0 aliphatic carbocycles. The van der Waals surface area contributed by atoms with E-state index in [1.54, 1.807) is 6.92 Å². The Kier molecular flexibility index (Phi) is 3.70. The van der Waals surface area contributed by atoms with Crippen molar-refractivity contribution >= 4 is 11.8 Å². The second kappa shape index (κ2) is 4.05. The molecule has 2 unspecified atom stereocenters. The van der Waals surface area contributed by atoms with Crippen molar-refractivity contribution in [2.24, 2.45) is 11.5 Å². The van der Waals surface area contributed by atoms with E-state index in [0.717, 1.165) is 0 Å². The van der Waals surface area contributed by atoms with Crippen molar-refractivity contribution in [2.45, 2.75) is 25.4 Å². The molecular formula is C6H12N2O3. The zero-order valence-corrected chi connectivity index (χ0v) is 6.28. The Balaban J connectivity index is 3.93. The van der Waals surface area contributed by atoms with Gasteiger partial charge in [0.25, 0.3) is 5.78 Å². The van der Waals surface area contributed by atoms with Crippen LogP contribution in [0.5, 0.6) is 0 Å². The van der Waals surface area contributed by atoms with E-state index < -0.39 is 17.8 Å². The van der Waals surface area contributed by atoms with Gasteiger partial charge in [0.2, 0.25) is 0 Å². The molecule has 0 radical (unpaired) electrons. The van der Waals surface area contributed by atoms with Gasteiger partial charge in [0.1, 0.15) is 0 Å². The molecule has 5 N–H and O–H groups in total. The monoisotopic (exact) mass is 160 g/mol. The maximum Gasteiger partial charge on any atom is 0.373 e. The summed E-state index contributed by atoms with van der Waals surface area (Å²) in [5.41, 5.74) is 10.5. The highest BCUT2D eigenvalue weighted by Crippen LogP contribution is 1.93. The van der Waals surface area contributed by atoms with E-state index in [9.17, 15) is 9.59 Å². The van der Waals surface area contributed by atoms with Crippen LogP contribution in [0.3, 0.4) is 0 Å². The molecule has 0 heterocycles. The van der Waals surface area contributed by atoms with Gasteiger partial charge in [-0.2, -0.15) is 0 Å². The molecule has 64 valence electrons. The molecule has 0 spiro atoms. The van der Waals surface area contributed by atoms with E-state index in [-0.39, 0.29) is 12.5 Å². The fourth-order valence-corrected chi connectivity index (χ4v) is 0.666. The Labute approximate surface area is 64.4 Å². The average molecular weight is 160 g/mol. The molecule has 0 fully saturated rings. The number of Topliss-reactive ketones (excluding diaryl/α,β-unsaturated/α-hetero) is 1. The number of nitrogens with two attached hydrogens (primary N) is 2. The first-order valence-corrected chi connectivity index (χ1v) is 3.23. The number of rotatable bonds is 4. The van der Waals surface area contributed by atoms with E-state index in [4.69, 9.17) is 16.6 Å². The highest BCUT2D eigenvalue weighted by atomic mass is 16.4. The molecule has 0 aromatic carbocycles. The lowest BCUT2D eigenvalue weighted by atomic mass is 10.1. The van der Waals surface area contributed by atoms with Crippen LogP contribution in [0.15, 0.2) is 0 Å². The summed E-state index contributed by atoms with van der Waals surface area (Å²) in [4.78, 5) is 20.7. The minimum Gasteiger partial charge on any atom is -0.475 e. The second-order valence-corrected chi connectivity index (χ2v) is 2.49. The van der Waals surface area contributed by atoms with Gasteiger partial charge in [0, 0.05) is 6.04 Å². The van der Waals surface area contributed by atoms with E-state index in [1.807, 2.05) is 0 Å². The van der Waals surface area contributed by atoms with Crippen LogP contribution < -0.4 is 11.5 Å². The molecule has 0 rings (SSSR count). The Morgan fingerprint density at radius 1 is 1.45 bits per heavy atom. The number of carbonyl (C=O) groups is 2. The molecule has 0 aromatic rings. The predicted molar refractivity (Wildman–Crippen MR) is 38.9 cm³/mol. The third kappa shape index (κ3) is 3.69. The van der Waals surface area contributed by atoms with E-state index in [2.05, 4.69) is 0 Å². The summed E-state index contributed by atoms with van der Waals surface area (Å²) in [5, 5.41) is 8.19. The largest absolute Gasteiger partial charge is 0.475 e. The molecule has 0 saturated carbocycles. The van der Waals surface area contributed by atoms with E-state index in [0.29, 0.717) is 0 Å². The van der Waals surface area contributed by atoms with Gasteiger partial charge in [-0.05, 0) is 13.3 Å². The van der Waals surface area contributed by atoms with Crippen LogP contribution in [-0.2, 0) is 9.59 Å². The average Bonchev–Trinajstić information content (AvgIpc) is 1.84. The lowest BCUT2D eigenvalue weighted by Crippen LogP contribution is -2.39. The van der Waals surface area contributed by atoms with Gasteiger partial charge >= 0.3 is 5.97 Å². The molecule has 0 aromatic heterocycles. The molecule has 0 aliphatic heterocycles. The van der Waals surface area contributed by atoms with Crippen LogP contribution in [-0.4, -0.2) is 28.9 Å². The van der Waals surface area contributed by atoms with Gasteiger partial charge in [-0.25, -0.2) is 4.79 Å². The number of carbonyl (C=O) groups excluding carboxylic acids is 1. The first-order chi connectivity index (χ1) is 4.95. The first-order valence-electron chi connectivity index (χ1n) is 3.23. The van der Waals surface area contributed by atoms with Crippen molar-refractivity contribution in [2.75, 3.05) is 0 Å². The van der Waals surface area contributed by atoms with Crippen LogP contribution in [0.25, 0.3) is 0 Å². The normalized spacial score (nSPS) is 15.5. The van der Waals surface area contributed by atoms with Crippen LogP contribution >= 0.6 is 0 Å². The summed E-state index contributed by atoms with van der Waals surface area (Å²) in [5.74, 6) is -2.49. The van der Waals surface area contributed by atoms with Gasteiger partial charge in [-0.15, -0.1) is 0 Å². The Morgan fingerprint density at radius 3 is 2.18 bits per heavy atom. The molecule has 2 atom stereocenters. The van der Waals surface area contributed by atoms with Crippen LogP contribution in [0, 0.1) is 0 Å².